The fourth-order valence-electron chi connectivity index (χ4n) is 7.04. The summed E-state index contributed by atoms with van der Waals surface area (Å²) >= 11 is 0. The van der Waals surface area contributed by atoms with E-state index in [1.54, 1.807) is 0 Å². The molecule has 7 heteroatoms. The molecule has 0 rings (SSSR count). The molecule has 0 aliphatic rings. The predicted molar refractivity (Wildman–Crippen MR) is 216 cm³/mol. The van der Waals surface area contributed by atoms with Crippen LogP contribution in [-0.4, -0.2) is 41.6 Å². The minimum atomic E-state index is -1.00. The highest BCUT2D eigenvalue weighted by molar-refractivity contribution is 5.83. The zero-order chi connectivity index (χ0) is 37.5. The summed E-state index contributed by atoms with van der Waals surface area (Å²) < 4.78 is 6.05. The summed E-state index contributed by atoms with van der Waals surface area (Å²) in [5, 5.41) is 11.9. The Labute approximate surface area is 316 Å². The Morgan fingerprint density at radius 1 is 0.490 bits per heavy atom. The molecule has 0 heterocycles. The van der Waals surface area contributed by atoms with Crippen LogP contribution >= 0.6 is 0 Å². The maximum Gasteiger partial charge on any atom is 0.326 e. The third kappa shape index (κ3) is 36.5. The van der Waals surface area contributed by atoms with Crippen LogP contribution in [0.25, 0.3) is 0 Å². The van der Waals surface area contributed by atoms with Crippen molar-refractivity contribution in [3.05, 3.63) is 0 Å². The van der Waals surface area contributed by atoms with E-state index < -0.39 is 12.0 Å². The molecule has 51 heavy (non-hydrogen) atoms. The van der Waals surface area contributed by atoms with Crippen molar-refractivity contribution in [1.82, 2.24) is 5.32 Å². The number of rotatable bonds is 41. The lowest BCUT2D eigenvalue weighted by Crippen LogP contribution is -2.40. The molecule has 1 amide bonds. The van der Waals surface area contributed by atoms with Crippen molar-refractivity contribution in [2.24, 2.45) is 5.73 Å². The van der Waals surface area contributed by atoms with Crippen LogP contribution in [0.15, 0.2) is 0 Å². The summed E-state index contributed by atoms with van der Waals surface area (Å²) in [7, 11) is 0. The molecule has 0 fully saturated rings. The summed E-state index contributed by atoms with van der Waals surface area (Å²) in [6.45, 7) is 4.96. The van der Waals surface area contributed by atoms with Gasteiger partial charge in [-0.1, -0.05) is 181 Å². The van der Waals surface area contributed by atoms with Crippen LogP contribution in [0.5, 0.6) is 0 Å². The van der Waals surface area contributed by atoms with Gasteiger partial charge in [0, 0.05) is 12.8 Å². The lowest BCUT2D eigenvalue weighted by molar-refractivity contribution is -0.150. The molecule has 0 saturated carbocycles. The molecule has 7 nitrogen and oxygen atoms in total. The van der Waals surface area contributed by atoms with E-state index in [1.807, 2.05) is 0 Å². The fourth-order valence-corrected chi connectivity index (χ4v) is 7.04. The van der Waals surface area contributed by atoms with E-state index in [0.717, 1.165) is 64.2 Å². The Kier molecular flexibility index (Phi) is 38.3. The quantitative estimate of drug-likeness (QED) is 0.0427. The molecule has 0 saturated heterocycles. The Balaban J connectivity index is 4.27. The lowest BCUT2D eigenvalue weighted by Gasteiger charge is -2.18. The van der Waals surface area contributed by atoms with Crippen molar-refractivity contribution < 1.29 is 24.2 Å². The summed E-state index contributed by atoms with van der Waals surface area (Å²) in [5.74, 6) is -1.21. The van der Waals surface area contributed by atoms with Crippen molar-refractivity contribution in [2.45, 2.75) is 257 Å². The van der Waals surface area contributed by atoms with E-state index in [2.05, 4.69) is 19.2 Å². The van der Waals surface area contributed by atoms with Gasteiger partial charge in [-0.3, -0.25) is 9.59 Å². The first-order chi connectivity index (χ1) is 24.9. The first-order valence-electron chi connectivity index (χ1n) is 22.4. The van der Waals surface area contributed by atoms with Gasteiger partial charge in [-0.15, -0.1) is 0 Å². The standard InChI is InChI=1S/C44H86N2O5/c1-3-5-7-9-11-13-15-16-17-18-19-20-22-25-29-34-40(51-43(48)38-32-28-23-21-14-12-10-8-6-4-2)35-30-26-24-27-31-37-42(47)46-41(44(49)50)36-33-39-45/h40-41H,3-39,45H2,1-2H3,(H,46,47)(H,49,50). The Hall–Kier alpha value is -1.63. The van der Waals surface area contributed by atoms with E-state index >= 15 is 0 Å². The highest BCUT2D eigenvalue weighted by atomic mass is 16.5. The number of aliphatic carboxylic acids is 1. The fraction of sp³-hybridized carbons (Fsp3) is 0.932. The van der Waals surface area contributed by atoms with E-state index in [-0.39, 0.29) is 18.0 Å². The number of carboxylic acids is 1. The van der Waals surface area contributed by atoms with Gasteiger partial charge in [0.1, 0.15) is 12.1 Å². The summed E-state index contributed by atoms with van der Waals surface area (Å²) in [5.41, 5.74) is 5.49. The molecule has 2 atom stereocenters. The lowest BCUT2D eigenvalue weighted by atomic mass is 10.0. The highest BCUT2D eigenvalue weighted by Gasteiger charge is 2.19. The third-order valence-corrected chi connectivity index (χ3v) is 10.4. The molecular formula is C44H86N2O5. The van der Waals surface area contributed by atoms with E-state index in [9.17, 15) is 19.5 Å². The molecule has 2 unspecified atom stereocenters. The number of unbranched alkanes of at least 4 members (excludes halogenated alkanes) is 27. The average molecular weight is 723 g/mol. The van der Waals surface area contributed by atoms with Gasteiger partial charge in [0.05, 0.1) is 0 Å². The van der Waals surface area contributed by atoms with Gasteiger partial charge in [0.25, 0.3) is 0 Å². The van der Waals surface area contributed by atoms with Crippen LogP contribution in [0, 0.1) is 0 Å². The first-order valence-corrected chi connectivity index (χ1v) is 22.4. The predicted octanol–water partition coefficient (Wildman–Crippen LogP) is 12.5. The average Bonchev–Trinajstić information content (AvgIpc) is 3.11. The second-order valence-electron chi connectivity index (χ2n) is 15.5. The van der Waals surface area contributed by atoms with E-state index in [1.165, 1.54) is 141 Å². The SMILES string of the molecule is CCCCCCCCCCCCCCCCCC(CCCCCCCC(=O)NC(CCCN)C(=O)O)OC(=O)CCCCCCCCCCCC. The molecule has 4 N–H and O–H groups in total. The number of hydrogen-bond donors (Lipinski definition) is 3. The molecule has 0 bridgehead atoms. The number of nitrogens with two attached hydrogens (primary N) is 1. The molecule has 0 radical (unpaired) electrons. The highest BCUT2D eigenvalue weighted by Crippen LogP contribution is 2.19. The Bertz CT molecular complexity index is 777. The molecule has 0 aliphatic heterocycles. The van der Waals surface area contributed by atoms with E-state index in [4.69, 9.17) is 10.5 Å². The van der Waals surface area contributed by atoms with Crippen molar-refractivity contribution in [3.63, 3.8) is 0 Å². The van der Waals surface area contributed by atoms with Crippen LogP contribution < -0.4 is 11.1 Å². The zero-order valence-electron chi connectivity index (χ0n) is 34.0. The van der Waals surface area contributed by atoms with Gasteiger partial charge in [0.2, 0.25) is 5.91 Å². The third-order valence-electron chi connectivity index (χ3n) is 10.4. The second-order valence-corrected chi connectivity index (χ2v) is 15.5. The molecule has 302 valence electrons. The normalized spacial score (nSPS) is 12.5. The second kappa shape index (κ2) is 39.6. The Morgan fingerprint density at radius 3 is 1.22 bits per heavy atom. The van der Waals surface area contributed by atoms with Gasteiger partial charge in [-0.25, -0.2) is 4.79 Å². The van der Waals surface area contributed by atoms with Gasteiger partial charge in [0.15, 0.2) is 0 Å². The monoisotopic (exact) mass is 723 g/mol. The number of amides is 1. The van der Waals surface area contributed by atoms with Gasteiger partial charge < -0.3 is 20.9 Å². The van der Waals surface area contributed by atoms with Crippen molar-refractivity contribution in [3.8, 4) is 0 Å². The maximum atomic E-state index is 12.8. The number of carboxylic acid groups (broad SMARTS) is 1. The number of esters is 1. The molecule has 0 aromatic heterocycles. The number of carbonyl (C=O) groups is 3. The number of hydrogen-bond acceptors (Lipinski definition) is 5. The number of nitrogens with one attached hydrogen (secondary N) is 1. The first kappa shape index (κ1) is 49.4. The smallest absolute Gasteiger partial charge is 0.326 e. The van der Waals surface area contributed by atoms with E-state index in [0.29, 0.717) is 32.2 Å². The van der Waals surface area contributed by atoms with Crippen LogP contribution in [0.3, 0.4) is 0 Å². The molecule has 0 aliphatic carbocycles. The number of carbonyl (C=O) groups excluding carboxylic acids is 2. The summed E-state index contributed by atoms with van der Waals surface area (Å²) in [4.78, 5) is 36.3. The van der Waals surface area contributed by atoms with Crippen LogP contribution in [0.2, 0.25) is 0 Å². The topological polar surface area (TPSA) is 119 Å². The van der Waals surface area contributed by atoms with Gasteiger partial charge in [-0.05, 0) is 57.9 Å². The Morgan fingerprint density at radius 2 is 0.843 bits per heavy atom. The van der Waals surface area contributed by atoms with Crippen molar-refractivity contribution in [1.29, 1.82) is 0 Å². The zero-order valence-corrected chi connectivity index (χ0v) is 34.0. The summed E-state index contributed by atoms with van der Waals surface area (Å²) in [6.07, 6.45) is 41.5. The van der Waals surface area contributed by atoms with Gasteiger partial charge in [-0.2, -0.15) is 0 Å². The molecule has 0 aromatic carbocycles. The maximum absolute atomic E-state index is 12.8. The van der Waals surface area contributed by atoms with Crippen molar-refractivity contribution >= 4 is 17.8 Å². The molecular weight excluding hydrogens is 636 g/mol. The van der Waals surface area contributed by atoms with Crippen LogP contribution in [0.1, 0.15) is 245 Å². The molecule has 0 aromatic rings. The largest absolute Gasteiger partial charge is 0.480 e. The van der Waals surface area contributed by atoms with Crippen LogP contribution in [-0.2, 0) is 19.1 Å². The minimum Gasteiger partial charge on any atom is -0.480 e. The van der Waals surface area contributed by atoms with Crippen LogP contribution in [0.4, 0.5) is 0 Å². The minimum absolute atomic E-state index is 0.0161. The summed E-state index contributed by atoms with van der Waals surface area (Å²) in [6, 6.07) is -0.852. The number of ether oxygens (including phenoxy) is 1. The van der Waals surface area contributed by atoms with Gasteiger partial charge >= 0.3 is 11.9 Å². The van der Waals surface area contributed by atoms with Crippen molar-refractivity contribution in [2.75, 3.05) is 6.54 Å². The molecule has 0 spiro atoms.